The lowest BCUT2D eigenvalue weighted by Gasteiger charge is -2.34. The maximum Gasteiger partial charge on any atom is 0.310 e. The zero-order chi connectivity index (χ0) is 12.8. The molecule has 5 heteroatoms. The Labute approximate surface area is 113 Å². The summed E-state index contributed by atoms with van der Waals surface area (Å²) in [4.78, 5) is 14.3. The molecule has 104 valence electrons. The zero-order valence-corrected chi connectivity index (χ0v) is 11.9. The molecule has 0 aliphatic carbocycles. The Morgan fingerprint density at radius 3 is 2.67 bits per heavy atom. The number of methoxy groups -OCH3 is 1. The Bertz CT molecular complexity index is 263. The summed E-state index contributed by atoms with van der Waals surface area (Å²) in [6.45, 7) is 4.29. The highest BCUT2D eigenvalue weighted by Crippen LogP contribution is 2.30. The highest BCUT2D eigenvalue weighted by atomic mass is 32.2. The van der Waals surface area contributed by atoms with Crippen LogP contribution in [0.15, 0.2) is 0 Å². The number of esters is 1. The fourth-order valence-corrected chi connectivity index (χ4v) is 3.89. The molecule has 2 saturated heterocycles. The van der Waals surface area contributed by atoms with Gasteiger partial charge in [-0.15, -0.1) is 0 Å². The molecule has 18 heavy (non-hydrogen) atoms. The summed E-state index contributed by atoms with van der Waals surface area (Å²) in [6, 6.07) is 0. The monoisotopic (exact) mass is 273 g/mol. The molecule has 2 aliphatic heterocycles. The van der Waals surface area contributed by atoms with Crippen molar-refractivity contribution >= 4 is 17.7 Å². The third-order valence-corrected chi connectivity index (χ3v) is 4.95. The van der Waals surface area contributed by atoms with Crippen molar-refractivity contribution in [1.82, 2.24) is 4.90 Å². The number of hydrogen-bond donors (Lipinski definition) is 0. The Balaban J connectivity index is 1.92. The number of carbonyl (C=O) groups is 1. The molecule has 1 unspecified atom stereocenters. The SMILES string of the molecule is COC(=O)C(CN1CCOCC1)C1CCSCC1. The van der Waals surface area contributed by atoms with Gasteiger partial charge in [0, 0.05) is 19.6 Å². The molecule has 2 heterocycles. The molecule has 0 aromatic heterocycles. The van der Waals surface area contributed by atoms with Crippen molar-refractivity contribution in [1.29, 1.82) is 0 Å². The van der Waals surface area contributed by atoms with Crippen molar-refractivity contribution in [3.63, 3.8) is 0 Å². The lowest BCUT2D eigenvalue weighted by Crippen LogP contribution is -2.44. The summed E-state index contributed by atoms with van der Waals surface area (Å²) >= 11 is 2.00. The van der Waals surface area contributed by atoms with Gasteiger partial charge in [-0.3, -0.25) is 9.69 Å². The van der Waals surface area contributed by atoms with E-state index in [1.54, 1.807) is 0 Å². The van der Waals surface area contributed by atoms with E-state index in [4.69, 9.17) is 9.47 Å². The zero-order valence-electron chi connectivity index (χ0n) is 11.1. The number of morpholine rings is 1. The Kier molecular flexibility index (Phi) is 5.79. The van der Waals surface area contributed by atoms with Gasteiger partial charge in [-0.1, -0.05) is 0 Å². The molecule has 2 rings (SSSR count). The van der Waals surface area contributed by atoms with E-state index < -0.39 is 0 Å². The van der Waals surface area contributed by atoms with Gasteiger partial charge < -0.3 is 9.47 Å². The largest absolute Gasteiger partial charge is 0.469 e. The number of ether oxygens (including phenoxy) is 2. The second-order valence-corrected chi connectivity index (χ2v) is 6.22. The van der Waals surface area contributed by atoms with E-state index >= 15 is 0 Å². The summed E-state index contributed by atoms with van der Waals surface area (Å²) in [6.07, 6.45) is 2.30. The van der Waals surface area contributed by atoms with Crippen LogP contribution in [-0.4, -0.2) is 62.3 Å². The molecule has 2 aliphatic rings. The van der Waals surface area contributed by atoms with Gasteiger partial charge in [0.25, 0.3) is 0 Å². The number of nitrogens with zero attached hydrogens (tertiary/aromatic N) is 1. The lowest BCUT2D eigenvalue weighted by atomic mass is 9.87. The topological polar surface area (TPSA) is 38.8 Å². The average Bonchev–Trinajstić information content (AvgIpc) is 2.46. The second kappa shape index (κ2) is 7.36. The maximum atomic E-state index is 12.0. The van der Waals surface area contributed by atoms with Crippen LogP contribution in [0.25, 0.3) is 0 Å². The van der Waals surface area contributed by atoms with Crippen molar-refractivity contribution < 1.29 is 14.3 Å². The number of hydrogen-bond acceptors (Lipinski definition) is 5. The first-order chi connectivity index (χ1) is 8.81. The van der Waals surface area contributed by atoms with E-state index in [9.17, 15) is 4.79 Å². The first-order valence-electron chi connectivity index (χ1n) is 6.77. The van der Waals surface area contributed by atoms with E-state index in [2.05, 4.69) is 4.90 Å². The minimum absolute atomic E-state index is 0.0293. The second-order valence-electron chi connectivity index (χ2n) is 4.99. The first-order valence-corrected chi connectivity index (χ1v) is 7.92. The number of thioether (sulfide) groups is 1. The number of rotatable bonds is 4. The van der Waals surface area contributed by atoms with Gasteiger partial charge in [-0.2, -0.15) is 11.8 Å². The predicted molar refractivity (Wildman–Crippen MR) is 72.8 cm³/mol. The van der Waals surface area contributed by atoms with Gasteiger partial charge in [0.1, 0.15) is 0 Å². The van der Waals surface area contributed by atoms with Gasteiger partial charge in [0.2, 0.25) is 0 Å². The fraction of sp³-hybridized carbons (Fsp3) is 0.923. The smallest absolute Gasteiger partial charge is 0.310 e. The van der Waals surface area contributed by atoms with Crippen LogP contribution in [0.2, 0.25) is 0 Å². The van der Waals surface area contributed by atoms with E-state index in [-0.39, 0.29) is 11.9 Å². The van der Waals surface area contributed by atoms with Crippen LogP contribution in [0.3, 0.4) is 0 Å². The molecule has 0 spiro atoms. The van der Waals surface area contributed by atoms with Gasteiger partial charge in [-0.25, -0.2) is 0 Å². The van der Waals surface area contributed by atoms with E-state index in [1.807, 2.05) is 11.8 Å². The minimum Gasteiger partial charge on any atom is -0.469 e. The van der Waals surface area contributed by atoms with Crippen molar-refractivity contribution in [2.45, 2.75) is 12.8 Å². The molecule has 0 amide bonds. The third kappa shape index (κ3) is 3.87. The van der Waals surface area contributed by atoms with E-state index in [0.29, 0.717) is 5.92 Å². The van der Waals surface area contributed by atoms with Crippen molar-refractivity contribution in [3.8, 4) is 0 Å². The average molecular weight is 273 g/mol. The number of carbonyl (C=O) groups excluding carboxylic acids is 1. The standard InChI is InChI=1S/C13H23NO3S/c1-16-13(15)12(11-2-8-18-9-3-11)10-14-4-6-17-7-5-14/h11-12H,2-10H2,1H3. The summed E-state index contributed by atoms with van der Waals surface area (Å²) in [5.41, 5.74) is 0. The lowest BCUT2D eigenvalue weighted by molar-refractivity contribution is -0.149. The molecule has 2 fully saturated rings. The molecule has 0 aromatic carbocycles. The normalized spacial score (nSPS) is 24.7. The summed E-state index contributed by atoms with van der Waals surface area (Å²) in [5, 5.41) is 0. The summed E-state index contributed by atoms with van der Waals surface area (Å²) in [7, 11) is 1.51. The van der Waals surface area contributed by atoms with Crippen LogP contribution < -0.4 is 0 Å². The van der Waals surface area contributed by atoms with Crippen LogP contribution >= 0.6 is 11.8 Å². The molecule has 0 aromatic rings. The fourth-order valence-electron chi connectivity index (χ4n) is 2.75. The highest BCUT2D eigenvalue weighted by Gasteiger charge is 2.32. The van der Waals surface area contributed by atoms with Crippen LogP contribution in [0.1, 0.15) is 12.8 Å². The Morgan fingerprint density at radius 1 is 1.39 bits per heavy atom. The molecule has 0 N–H and O–H groups in total. The van der Waals surface area contributed by atoms with Crippen molar-refractivity contribution in [2.24, 2.45) is 11.8 Å². The Morgan fingerprint density at radius 2 is 2.06 bits per heavy atom. The predicted octanol–water partition coefficient (Wildman–Crippen LogP) is 1.25. The van der Waals surface area contributed by atoms with Crippen molar-refractivity contribution in [3.05, 3.63) is 0 Å². The van der Waals surface area contributed by atoms with Gasteiger partial charge in [0.15, 0.2) is 0 Å². The minimum atomic E-state index is -0.0293. The molecule has 0 saturated carbocycles. The first kappa shape index (κ1) is 14.2. The molecule has 1 atom stereocenters. The van der Waals surface area contributed by atoms with Crippen LogP contribution in [0.5, 0.6) is 0 Å². The van der Waals surface area contributed by atoms with Gasteiger partial charge in [-0.05, 0) is 30.3 Å². The van der Waals surface area contributed by atoms with E-state index in [0.717, 1.165) is 45.7 Å². The summed E-state index contributed by atoms with van der Waals surface area (Å²) < 4.78 is 10.4. The van der Waals surface area contributed by atoms with E-state index in [1.165, 1.54) is 18.6 Å². The van der Waals surface area contributed by atoms with Gasteiger partial charge in [0.05, 0.1) is 26.2 Å². The highest BCUT2D eigenvalue weighted by molar-refractivity contribution is 7.99. The molecular formula is C13H23NO3S. The van der Waals surface area contributed by atoms with Crippen LogP contribution in [-0.2, 0) is 14.3 Å². The Hall–Kier alpha value is -0.260. The van der Waals surface area contributed by atoms with Crippen molar-refractivity contribution in [2.75, 3.05) is 51.5 Å². The quantitative estimate of drug-likeness (QED) is 0.721. The molecule has 0 radical (unpaired) electrons. The summed E-state index contributed by atoms with van der Waals surface area (Å²) in [5.74, 6) is 2.89. The molecule has 0 bridgehead atoms. The molecule has 4 nitrogen and oxygen atoms in total. The van der Waals surface area contributed by atoms with Crippen LogP contribution in [0, 0.1) is 11.8 Å². The molecular weight excluding hydrogens is 250 g/mol. The van der Waals surface area contributed by atoms with Gasteiger partial charge >= 0.3 is 5.97 Å². The van der Waals surface area contributed by atoms with Crippen LogP contribution in [0.4, 0.5) is 0 Å². The maximum absolute atomic E-state index is 12.0. The third-order valence-electron chi connectivity index (χ3n) is 3.90.